The maximum absolute atomic E-state index is 12.1. The molecule has 1 aromatic heterocycles. The Labute approximate surface area is 131 Å². The molecule has 0 spiro atoms. The fourth-order valence-corrected chi connectivity index (χ4v) is 4.38. The zero-order valence-corrected chi connectivity index (χ0v) is 14.0. The first kappa shape index (κ1) is 14.1. The van der Waals surface area contributed by atoms with E-state index >= 15 is 0 Å². The van der Waals surface area contributed by atoms with Crippen molar-refractivity contribution in [1.82, 2.24) is 0 Å². The Kier molecular flexibility index (Phi) is 4.48. The van der Waals surface area contributed by atoms with E-state index in [1.807, 2.05) is 19.1 Å². The number of rotatable bonds is 2. The number of aryl methyl sites for hydroxylation is 1. The molecular formula is C12H8Br2ClNOS. The largest absolute Gasteiger partial charge is 0.321 e. The number of nitrogens with one attached hydrogen (secondary N) is 1. The first-order valence-corrected chi connectivity index (χ1v) is 7.78. The number of carbonyl (C=O) groups excluding carboxylic acids is 1. The molecule has 2 aromatic rings. The van der Waals surface area contributed by atoms with E-state index in [9.17, 15) is 4.79 Å². The molecule has 6 heteroatoms. The van der Waals surface area contributed by atoms with Gasteiger partial charge in [0.05, 0.1) is 23.8 Å². The van der Waals surface area contributed by atoms with Gasteiger partial charge in [0.1, 0.15) is 0 Å². The number of anilines is 1. The van der Waals surface area contributed by atoms with Crippen molar-refractivity contribution < 1.29 is 4.79 Å². The van der Waals surface area contributed by atoms with Crippen LogP contribution in [0.25, 0.3) is 0 Å². The summed E-state index contributed by atoms with van der Waals surface area (Å²) in [6.45, 7) is 1.95. The lowest BCUT2D eigenvalue weighted by molar-refractivity contribution is 0.102. The Morgan fingerprint density at radius 3 is 2.67 bits per heavy atom. The van der Waals surface area contributed by atoms with Crippen LogP contribution in [0.15, 0.2) is 31.8 Å². The van der Waals surface area contributed by atoms with Crippen LogP contribution in [0.4, 0.5) is 5.69 Å². The summed E-state index contributed by atoms with van der Waals surface area (Å²) in [4.78, 5) is 12.1. The maximum atomic E-state index is 12.1. The average Bonchev–Trinajstić information content (AvgIpc) is 2.63. The Balaban J connectivity index is 2.26. The molecule has 18 heavy (non-hydrogen) atoms. The van der Waals surface area contributed by atoms with Crippen LogP contribution in [-0.4, -0.2) is 5.91 Å². The minimum atomic E-state index is -0.184. The second kappa shape index (κ2) is 5.74. The summed E-state index contributed by atoms with van der Waals surface area (Å²) in [6, 6.07) is 7.28. The number of thiophene rings is 1. The maximum Gasteiger partial charge on any atom is 0.257 e. The van der Waals surface area contributed by atoms with Crippen molar-refractivity contribution in [2.45, 2.75) is 6.92 Å². The number of carbonyl (C=O) groups is 1. The van der Waals surface area contributed by atoms with Crippen molar-refractivity contribution in [3.63, 3.8) is 0 Å². The monoisotopic (exact) mass is 407 g/mol. The van der Waals surface area contributed by atoms with Gasteiger partial charge < -0.3 is 5.32 Å². The molecule has 0 aliphatic rings. The molecule has 0 bridgehead atoms. The molecule has 2 rings (SSSR count). The Bertz CT molecular complexity index is 612. The molecule has 1 N–H and O–H groups in total. The Morgan fingerprint density at radius 1 is 1.33 bits per heavy atom. The minimum absolute atomic E-state index is 0.184. The highest BCUT2D eigenvalue weighted by Gasteiger charge is 2.14. The van der Waals surface area contributed by atoms with Gasteiger partial charge in [-0.15, -0.1) is 11.3 Å². The van der Waals surface area contributed by atoms with Crippen molar-refractivity contribution in [3.05, 3.63) is 48.0 Å². The van der Waals surface area contributed by atoms with E-state index in [0.717, 1.165) is 13.1 Å². The summed E-state index contributed by atoms with van der Waals surface area (Å²) in [6.07, 6.45) is 0. The van der Waals surface area contributed by atoms with E-state index in [1.165, 1.54) is 11.3 Å². The predicted octanol–water partition coefficient (Wildman–Crippen LogP) is 5.49. The molecule has 2 nitrogen and oxygen atoms in total. The van der Waals surface area contributed by atoms with Crippen LogP contribution in [-0.2, 0) is 0 Å². The van der Waals surface area contributed by atoms with Crippen LogP contribution in [0.3, 0.4) is 0 Å². The summed E-state index contributed by atoms with van der Waals surface area (Å²) in [5.41, 5.74) is 2.25. The quantitative estimate of drug-likeness (QED) is 0.698. The van der Waals surface area contributed by atoms with Gasteiger partial charge in [0, 0.05) is 0 Å². The van der Waals surface area contributed by atoms with Gasteiger partial charge in [-0.1, -0.05) is 17.7 Å². The number of hydrogen-bond donors (Lipinski definition) is 1. The number of hydrogen-bond acceptors (Lipinski definition) is 2. The van der Waals surface area contributed by atoms with Crippen LogP contribution in [0.2, 0.25) is 5.02 Å². The van der Waals surface area contributed by atoms with Crippen molar-refractivity contribution in [3.8, 4) is 0 Å². The first-order valence-electron chi connectivity index (χ1n) is 4.99. The molecule has 0 fully saturated rings. The molecule has 1 amide bonds. The van der Waals surface area contributed by atoms with Gasteiger partial charge in [0.2, 0.25) is 0 Å². The van der Waals surface area contributed by atoms with Crippen LogP contribution in [0.5, 0.6) is 0 Å². The van der Waals surface area contributed by atoms with Gasteiger partial charge in [-0.3, -0.25) is 4.79 Å². The molecule has 0 aliphatic carbocycles. The highest BCUT2D eigenvalue weighted by molar-refractivity contribution is 9.12. The number of amides is 1. The normalized spacial score (nSPS) is 10.4. The predicted molar refractivity (Wildman–Crippen MR) is 83.9 cm³/mol. The third-order valence-corrected chi connectivity index (χ3v) is 4.94. The summed E-state index contributed by atoms with van der Waals surface area (Å²) in [7, 11) is 0. The Morgan fingerprint density at radius 2 is 2.06 bits per heavy atom. The van der Waals surface area contributed by atoms with Gasteiger partial charge in [-0.05, 0) is 62.5 Å². The highest BCUT2D eigenvalue weighted by Crippen LogP contribution is 2.33. The minimum Gasteiger partial charge on any atom is -0.321 e. The highest BCUT2D eigenvalue weighted by atomic mass is 79.9. The van der Waals surface area contributed by atoms with Crippen molar-refractivity contribution in [2.24, 2.45) is 0 Å². The summed E-state index contributed by atoms with van der Waals surface area (Å²) < 4.78 is 1.69. The van der Waals surface area contributed by atoms with Crippen molar-refractivity contribution in [2.75, 3.05) is 5.32 Å². The zero-order valence-electron chi connectivity index (χ0n) is 9.26. The SMILES string of the molecule is Cc1ccc(Cl)c(NC(=O)c2cc(Br)sc2Br)c1. The van der Waals surface area contributed by atoms with Crippen LogP contribution >= 0.6 is 54.8 Å². The molecule has 0 atom stereocenters. The van der Waals surface area contributed by atoms with Gasteiger partial charge in [0.15, 0.2) is 0 Å². The van der Waals surface area contributed by atoms with Crippen LogP contribution < -0.4 is 5.32 Å². The van der Waals surface area contributed by atoms with Gasteiger partial charge in [-0.2, -0.15) is 0 Å². The fourth-order valence-electron chi connectivity index (χ4n) is 1.42. The topological polar surface area (TPSA) is 29.1 Å². The third-order valence-electron chi connectivity index (χ3n) is 2.27. The molecule has 0 radical (unpaired) electrons. The molecule has 0 aliphatic heterocycles. The van der Waals surface area contributed by atoms with E-state index in [0.29, 0.717) is 16.3 Å². The standard InChI is InChI=1S/C12H8Br2ClNOS/c1-6-2-3-8(15)9(4-6)16-12(17)7-5-10(13)18-11(7)14/h2-5H,1H3,(H,16,17). The molecule has 1 heterocycles. The lowest BCUT2D eigenvalue weighted by Crippen LogP contribution is -2.11. The second-order valence-electron chi connectivity index (χ2n) is 3.68. The van der Waals surface area contributed by atoms with Crippen LogP contribution in [0.1, 0.15) is 15.9 Å². The molecule has 94 valence electrons. The van der Waals surface area contributed by atoms with E-state index in [1.54, 1.807) is 12.1 Å². The molecule has 0 saturated heterocycles. The molecular weight excluding hydrogens is 401 g/mol. The van der Waals surface area contributed by atoms with Gasteiger partial charge >= 0.3 is 0 Å². The number of benzene rings is 1. The first-order chi connectivity index (χ1) is 8.47. The van der Waals surface area contributed by atoms with Crippen molar-refractivity contribution >= 4 is 66.4 Å². The van der Waals surface area contributed by atoms with E-state index in [-0.39, 0.29) is 5.91 Å². The Hall–Kier alpha value is -0.360. The molecule has 0 saturated carbocycles. The third kappa shape index (κ3) is 3.15. The lowest BCUT2D eigenvalue weighted by atomic mass is 10.2. The second-order valence-corrected chi connectivity index (χ2v) is 7.83. The van der Waals surface area contributed by atoms with E-state index < -0.39 is 0 Å². The fraction of sp³-hybridized carbons (Fsp3) is 0.0833. The average molecular weight is 410 g/mol. The van der Waals surface area contributed by atoms with Gasteiger partial charge in [0.25, 0.3) is 5.91 Å². The summed E-state index contributed by atoms with van der Waals surface area (Å²) in [5.74, 6) is -0.184. The van der Waals surface area contributed by atoms with Gasteiger partial charge in [-0.25, -0.2) is 0 Å². The van der Waals surface area contributed by atoms with Crippen molar-refractivity contribution in [1.29, 1.82) is 0 Å². The van der Waals surface area contributed by atoms with Crippen LogP contribution in [0, 0.1) is 6.92 Å². The molecule has 0 unspecified atom stereocenters. The smallest absolute Gasteiger partial charge is 0.257 e. The lowest BCUT2D eigenvalue weighted by Gasteiger charge is -2.07. The summed E-state index contributed by atoms with van der Waals surface area (Å²) in [5, 5.41) is 3.33. The summed E-state index contributed by atoms with van der Waals surface area (Å²) >= 11 is 14.2. The van der Waals surface area contributed by atoms with E-state index in [2.05, 4.69) is 37.2 Å². The number of halogens is 3. The zero-order chi connectivity index (χ0) is 13.3. The van der Waals surface area contributed by atoms with E-state index in [4.69, 9.17) is 11.6 Å². The molecule has 1 aromatic carbocycles.